The van der Waals surface area contributed by atoms with E-state index in [0.717, 1.165) is 94.9 Å². The SMILES string of the molecule is CCCCc1nc(CCC)n(-c2ccc3c(c2)CCO3)c(=O)c1Cc1ccc(-c2ccccc2C2=NC(O)ON2)cc1. The van der Waals surface area contributed by atoms with Crippen LogP contribution >= 0.6 is 0 Å². The molecule has 0 amide bonds. The summed E-state index contributed by atoms with van der Waals surface area (Å²) in [7, 11) is 0. The summed E-state index contributed by atoms with van der Waals surface area (Å²) in [6, 6.07) is 22.1. The van der Waals surface area contributed by atoms with E-state index in [9.17, 15) is 9.90 Å². The predicted octanol–water partition coefficient (Wildman–Crippen LogP) is 5.28. The van der Waals surface area contributed by atoms with Gasteiger partial charge in [-0.1, -0.05) is 68.8 Å². The van der Waals surface area contributed by atoms with Gasteiger partial charge >= 0.3 is 0 Å². The van der Waals surface area contributed by atoms with Gasteiger partial charge in [0.25, 0.3) is 12.0 Å². The minimum Gasteiger partial charge on any atom is -0.493 e. The highest BCUT2D eigenvalue weighted by Crippen LogP contribution is 2.29. The van der Waals surface area contributed by atoms with Crippen molar-refractivity contribution >= 4 is 5.84 Å². The van der Waals surface area contributed by atoms with Gasteiger partial charge in [0, 0.05) is 30.4 Å². The summed E-state index contributed by atoms with van der Waals surface area (Å²) in [5, 5.41) is 9.67. The first-order chi connectivity index (χ1) is 20.6. The molecule has 0 aliphatic carbocycles. The number of aliphatic hydroxyl groups excluding tert-OH is 1. The minimum absolute atomic E-state index is 0.0108. The zero-order valence-corrected chi connectivity index (χ0v) is 24.1. The summed E-state index contributed by atoms with van der Waals surface area (Å²) in [5.74, 6) is 2.21. The summed E-state index contributed by atoms with van der Waals surface area (Å²) in [5.41, 5.74) is 10.2. The molecule has 216 valence electrons. The number of hydrogen-bond donors (Lipinski definition) is 2. The number of ether oxygens (including phenoxy) is 1. The summed E-state index contributed by atoms with van der Waals surface area (Å²) in [4.78, 5) is 28.5. The fourth-order valence-electron chi connectivity index (χ4n) is 5.69. The van der Waals surface area contributed by atoms with Crippen LogP contribution in [0.1, 0.15) is 66.9 Å². The largest absolute Gasteiger partial charge is 0.493 e. The molecule has 42 heavy (non-hydrogen) atoms. The highest BCUT2D eigenvalue weighted by molar-refractivity contribution is 6.04. The molecule has 1 aromatic heterocycles. The van der Waals surface area contributed by atoms with Gasteiger partial charge in [-0.3, -0.25) is 9.36 Å². The van der Waals surface area contributed by atoms with Gasteiger partial charge in [0.05, 0.1) is 18.0 Å². The van der Waals surface area contributed by atoms with E-state index in [2.05, 4.69) is 54.7 Å². The van der Waals surface area contributed by atoms with Crippen LogP contribution in [0.15, 0.2) is 76.5 Å². The molecule has 3 aromatic carbocycles. The van der Waals surface area contributed by atoms with E-state index in [1.54, 1.807) is 0 Å². The average Bonchev–Trinajstić information content (AvgIpc) is 3.67. The fraction of sp³-hybridized carbons (Fsp3) is 0.324. The van der Waals surface area contributed by atoms with Crippen LogP contribution in [0.5, 0.6) is 5.75 Å². The van der Waals surface area contributed by atoms with Crippen LogP contribution < -0.4 is 15.8 Å². The zero-order chi connectivity index (χ0) is 29.1. The molecule has 4 aromatic rings. The molecule has 8 nitrogen and oxygen atoms in total. The van der Waals surface area contributed by atoms with Gasteiger partial charge < -0.3 is 9.84 Å². The van der Waals surface area contributed by atoms with Crippen molar-refractivity contribution in [2.24, 2.45) is 4.99 Å². The zero-order valence-electron chi connectivity index (χ0n) is 24.1. The summed E-state index contributed by atoms with van der Waals surface area (Å²) >= 11 is 0. The molecule has 0 fully saturated rings. The molecule has 0 bridgehead atoms. The molecule has 8 heteroatoms. The Kier molecular flexibility index (Phi) is 8.17. The van der Waals surface area contributed by atoms with E-state index < -0.39 is 6.41 Å². The van der Waals surface area contributed by atoms with Gasteiger partial charge in [0.2, 0.25) is 0 Å². The third-order valence-electron chi connectivity index (χ3n) is 7.83. The lowest BCUT2D eigenvalue weighted by Gasteiger charge is -2.18. The number of rotatable bonds is 10. The number of benzene rings is 3. The van der Waals surface area contributed by atoms with Crippen molar-refractivity contribution in [3.63, 3.8) is 0 Å². The average molecular weight is 565 g/mol. The lowest BCUT2D eigenvalue weighted by molar-refractivity contribution is -0.102. The topological polar surface area (TPSA) is 98.0 Å². The van der Waals surface area contributed by atoms with Crippen molar-refractivity contribution in [3.8, 4) is 22.6 Å². The lowest BCUT2D eigenvalue weighted by Crippen LogP contribution is -2.29. The molecule has 2 aliphatic heterocycles. The van der Waals surface area contributed by atoms with Crippen molar-refractivity contribution in [1.82, 2.24) is 15.0 Å². The maximum atomic E-state index is 14.3. The molecule has 0 radical (unpaired) electrons. The Bertz CT molecular complexity index is 1680. The second-order valence-electron chi connectivity index (χ2n) is 10.8. The van der Waals surface area contributed by atoms with Crippen LogP contribution in [0.2, 0.25) is 0 Å². The number of aliphatic hydroxyl groups is 1. The van der Waals surface area contributed by atoms with Gasteiger partial charge in [-0.05, 0) is 59.7 Å². The number of aliphatic imine (C=N–C) groups is 1. The van der Waals surface area contributed by atoms with Gasteiger partial charge in [-0.25, -0.2) is 20.3 Å². The van der Waals surface area contributed by atoms with Crippen LogP contribution in [-0.4, -0.2) is 33.5 Å². The smallest absolute Gasteiger partial charge is 0.280 e. The van der Waals surface area contributed by atoms with Crippen LogP contribution in [-0.2, 0) is 30.5 Å². The molecule has 0 saturated heterocycles. The fourth-order valence-corrected chi connectivity index (χ4v) is 5.69. The minimum atomic E-state index is -1.22. The van der Waals surface area contributed by atoms with Crippen LogP contribution in [0.3, 0.4) is 0 Å². The quantitative estimate of drug-likeness (QED) is 0.272. The molecule has 1 unspecified atom stereocenters. The van der Waals surface area contributed by atoms with Gasteiger partial charge in [-0.15, -0.1) is 0 Å². The Hall–Kier alpha value is -4.27. The number of nitrogens with one attached hydrogen (secondary N) is 1. The number of amidine groups is 1. The highest BCUT2D eigenvalue weighted by Gasteiger charge is 2.21. The lowest BCUT2D eigenvalue weighted by atomic mass is 9.96. The Morgan fingerprint density at radius 3 is 2.55 bits per heavy atom. The third-order valence-corrected chi connectivity index (χ3v) is 7.83. The maximum absolute atomic E-state index is 14.3. The number of fused-ring (bicyclic) bond motifs is 1. The standard InChI is InChI=1S/C34H36N4O4/c1-3-5-11-29-28(33(39)38(31(35-29)8-4-2)25-16-17-30-24(21-25)18-19-41-30)20-22-12-14-23(15-13-22)26-9-6-7-10-27(26)32-36-34(40)42-37-32/h6-7,9-10,12-17,21,34,40H,3-5,8,11,18-20H2,1-2H3,(H,36,37). The number of aromatic nitrogens is 2. The number of hydrogen-bond acceptors (Lipinski definition) is 7. The number of aryl methyl sites for hydroxylation is 2. The molecule has 0 spiro atoms. The second kappa shape index (κ2) is 12.3. The Morgan fingerprint density at radius 1 is 1.00 bits per heavy atom. The van der Waals surface area contributed by atoms with Crippen molar-refractivity contribution in [2.45, 2.75) is 65.2 Å². The van der Waals surface area contributed by atoms with Crippen molar-refractivity contribution in [3.05, 3.63) is 111 Å². The van der Waals surface area contributed by atoms with E-state index >= 15 is 0 Å². The predicted molar refractivity (Wildman–Crippen MR) is 163 cm³/mol. The van der Waals surface area contributed by atoms with E-state index in [1.807, 2.05) is 41.0 Å². The number of hydroxylamine groups is 1. The van der Waals surface area contributed by atoms with E-state index in [-0.39, 0.29) is 5.56 Å². The van der Waals surface area contributed by atoms with Crippen molar-refractivity contribution in [2.75, 3.05) is 6.61 Å². The second-order valence-corrected chi connectivity index (χ2v) is 10.8. The highest BCUT2D eigenvalue weighted by atomic mass is 16.7. The summed E-state index contributed by atoms with van der Waals surface area (Å²) < 4.78 is 7.54. The van der Waals surface area contributed by atoms with E-state index in [0.29, 0.717) is 18.9 Å². The molecule has 2 aliphatic rings. The third kappa shape index (κ3) is 5.60. The first-order valence-corrected chi connectivity index (χ1v) is 14.8. The molecule has 1 atom stereocenters. The van der Waals surface area contributed by atoms with Crippen molar-refractivity contribution in [1.29, 1.82) is 0 Å². The van der Waals surface area contributed by atoms with Gasteiger partial charge in [0.15, 0.2) is 5.84 Å². The van der Waals surface area contributed by atoms with Crippen LogP contribution in [0.25, 0.3) is 16.8 Å². The molecule has 2 N–H and O–H groups in total. The normalized spacial score (nSPS) is 15.7. The van der Waals surface area contributed by atoms with Crippen LogP contribution in [0.4, 0.5) is 0 Å². The van der Waals surface area contributed by atoms with Crippen LogP contribution in [0, 0.1) is 0 Å². The molecular formula is C34H36N4O4. The van der Waals surface area contributed by atoms with Crippen molar-refractivity contribution < 1.29 is 14.7 Å². The molecule has 3 heterocycles. The van der Waals surface area contributed by atoms with E-state index in [1.165, 1.54) is 0 Å². The number of unbranched alkanes of at least 4 members (excludes halogenated alkanes) is 1. The first-order valence-electron chi connectivity index (χ1n) is 14.8. The Labute approximate surface area is 245 Å². The van der Waals surface area contributed by atoms with Gasteiger partial charge in [-0.2, -0.15) is 0 Å². The molecule has 0 saturated carbocycles. The maximum Gasteiger partial charge on any atom is 0.280 e. The van der Waals surface area contributed by atoms with E-state index in [4.69, 9.17) is 14.6 Å². The number of nitrogens with zero attached hydrogens (tertiary/aromatic N) is 3. The van der Waals surface area contributed by atoms with Gasteiger partial charge in [0.1, 0.15) is 11.6 Å². The summed E-state index contributed by atoms with van der Waals surface area (Å²) in [6.45, 7) is 4.96. The molecule has 6 rings (SSSR count). The Balaban J connectivity index is 1.37. The summed E-state index contributed by atoms with van der Waals surface area (Å²) in [6.07, 6.45) is 4.58. The molecular weight excluding hydrogens is 528 g/mol. The first kappa shape index (κ1) is 27.9. The monoisotopic (exact) mass is 564 g/mol. The Morgan fingerprint density at radius 2 is 1.81 bits per heavy atom.